The van der Waals surface area contributed by atoms with Gasteiger partial charge in [-0.25, -0.2) is 0 Å². The Morgan fingerprint density at radius 1 is 0.950 bits per heavy atom. The maximum Gasteiger partial charge on any atom is 0.0296 e. The molecule has 0 spiro atoms. The summed E-state index contributed by atoms with van der Waals surface area (Å²) in [5.41, 5.74) is 4.30. The van der Waals surface area contributed by atoms with Gasteiger partial charge in [-0.1, -0.05) is 54.6 Å². The van der Waals surface area contributed by atoms with Crippen molar-refractivity contribution in [1.29, 1.82) is 0 Å². The molecule has 0 radical (unpaired) electrons. The molecular formula is C19H23N. The van der Waals surface area contributed by atoms with Crippen LogP contribution < -0.4 is 5.32 Å². The van der Waals surface area contributed by atoms with Gasteiger partial charge in [-0.05, 0) is 49.3 Å². The largest absolute Gasteiger partial charge is 0.307 e. The molecule has 104 valence electrons. The zero-order valence-electron chi connectivity index (χ0n) is 12.3. The fourth-order valence-electron chi connectivity index (χ4n) is 3.27. The van der Waals surface area contributed by atoms with Crippen molar-refractivity contribution in [1.82, 2.24) is 5.32 Å². The number of aryl methyl sites for hydroxylation is 1. The van der Waals surface area contributed by atoms with Crippen LogP contribution in [0.1, 0.15) is 48.4 Å². The third-order valence-electron chi connectivity index (χ3n) is 4.55. The average Bonchev–Trinajstić information content (AvgIpc) is 2.43. The van der Waals surface area contributed by atoms with Crippen molar-refractivity contribution in [3.63, 3.8) is 0 Å². The smallest absolute Gasteiger partial charge is 0.0296 e. The molecule has 0 saturated heterocycles. The first kappa shape index (κ1) is 13.4. The zero-order valence-corrected chi connectivity index (χ0v) is 12.3. The summed E-state index contributed by atoms with van der Waals surface area (Å²) >= 11 is 0. The normalized spacial score (nSPS) is 23.1. The molecule has 1 heteroatoms. The van der Waals surface area contributed by atoms with Gasteiger partial charge in [0.2, 0.25) is 0 Å². The first-order chi connectivity index (χ1) is 9.74. The van der Waals surface area contributed by atoms with Crippen LogP contribution in [0.15, 0.2) is 54.6 Å². The molecule has 1 nitrogen and oxygen atoms in total. The summed E-state index contributed by atoms with van der Waals surface area (Å²) in [6.07, 6.45) is 2.53. The highest BCUT2D eigenvalue weighted by Gasteiger charge is 2.31. The lowest BCUT2D eigenvalue weighted by atomic mass is 9.75. The summed E-state index contributed by atoms with van der Waals surface area (Å²) < 4.78 is 0. The Morgan fingerprint density at radius 3 is 2.30 bits per heavy atom. The van der Waals surface area contributed by atoms with E-state index in [1.807, 2.05) is 0 Å². The van der Waals surface area contributed by atoms with Crippen molar-refractivity contribution in [2.24, 2.45) is 0 Å². The fourth-order valence-corrected chi connectivity index (χ4v) is 3.27. The van der Waals surface area contributed by atoms with Crippen molar-refractivity contribution < 1.29 is 0 Å². The minimum atomic E-state index is 0.443. The number of nitrogens with one attached hydrogen (secondary N) is 1. The molecule has 3 rings (SSSR count). The van der Waals surface area contributed by atoms with Crippen LogP contribution in [0.3, 0.4) is 0 Å². The SMILES string of the molecule is Cc1ccccc1[C@@H](C)NC1CC(c2ccccc2)C1. The second-order valence-corrected chi connectivity index (χ2v) is 6.02. The summed E-state index contributed by atoms with van der Waals surface area (Å²) in [4.78, 5) is 0. The Balaban J connectivity index is 1.55. The van der Waals surface area contributed by atoms with Crippen LogP contribution in [0, 0.1) is 6.92 Å². The van der Waals surface area contributed by atoms with Crippen LogP contribution in [-0.4, -0.2) is 6.04 Å². The topological polar surface area (TPSA) is 12.0 Å². The summed E-state index contributed by atoms with van der Waals surface area (Å²) in [5.74, 6) is 0.748. The summed E-state index contributed by atoms with van der Waals surface area (Å²) in [6, 6.07) is 20.7. The van der Waals surface area contributed by atoms with Crippen molar-refractivity contribution in [3.8, 4) is 0 Å². The van der Waals surface area contributed by atoms with Crippen molar-refractivity contribution >= 4 is 0 Å². The maximum atomic E-state index is 3.77. The maximum absolute atomic E-state index is 3.77. The van der Waals surface area contributed by atoms with Gasteiger partial charge in [0.25, 0.3) is 0 Å². The first-order valence-corrected chi connectivity index (χ1v) is 7.60. The third-order valence-corrected chi connectivity index (χ3v) is 4.55. The van der Waals surface area contributed by atoms with Crippen molar-refractivity contribution in [3.05, 3.63) is 71.3 Å². The van der Waals surface area contributed by atoms with E-state index in [0.717, 1.165) is 5.92 Å². The van der Waals surface area contributed by atoms with Gasteiger partial charge < -0.3 is 5.32 Å². The number of benzene rings is 2. The minimum absolute atomic E-state index is 0.443. The van der Waals surface area contributed by atoms with E-state index in [9.17, 15) is 0 Å². The van der Waals surface area contributed by atoms with E-state index in [4.69, 9.17) is 0 Å². The fraction of sp³-hybridized carbons (Fsp3) is 0.368. The highest BCUT2D eigenvalue weighted by atomic mass is 15.0. The van der Waals surface area contributed by atoms with E-state index in [1.165, 1.54) is 29.5 Å². The van der Waals surface area contributed by atoms with E-state index in [1.54, 1.807) is 0 Å². The van der Waals surface area contributed by atoms with E-state index < -0.39 is 0 Å². The van der Waals surface area contributed by atoms with Crippen LogP contribution in [0.4, 0.5) is 0 Å². The van der Waals surface area contributed by atoms with E-state index in [0.29, 0.717) is 12.1 Å². The lowest BCUT2D eigenvalue weighted by molar-refractivity contribution is 0.270. The van der Waals surface area contributed by atoms with Gasteiger partial charge in [0.05, 0.1) is 0 Å². The molecule has 20 heavy (non-hydrogen) atoms. The molecule has 1 N–H and O–H groups in total. The Hall–Kier alpha value is -1.60. The lowest BCUT2D eigenvalue weighted by Crippen LogP contribution is -2.41. The predicted molar refractivity (Wildman–Crippen MR) is 84.9 cm³/mol. The van der Waals surface area contributed by atoms with Gasteiger partial charge in [0, 0.05) is 12.1 Å². The van der Waals surface area contributed by atoms with Gasteiger partial charge in [0.15, 0.2) is 0 Å². The number of rotatable bonds is 4. The molecule has 2 aromatic rings. The van der Waals surface area contributed by atoms with E-state index in [2.05, 4.69) is 73.8 Å². The molecule has 0 aliphatic heterocycles. The van der Waals surface area contributed by atoms with Crippen LogP contribution in [0.25, 0.3) is 0 Å². The van der Waals surface area contributed by atoms with Crippen LogP contribution in [0.5, 0.6) is 0 Å². The van der Waals surface area contributed by atoms with Crippen LogP contribution >= 0.6 is 0 Å². The quantitative estimate of drug-likeness (QED) is 0.852. The highest BCUT2D eigenvalue weighted by Crippen LogP contribution is 2.37. The molecule has 1 atom stereocenters. The molecule has 0 bridgehead atoms. The second kappa shape index (κ2) is 5.80. The van der Waals surface area contributed by atoms with Gasteiger partial charge in [-0.2, -0.15) is 0 Å². The highest BCUT2D eigenvalue weighted by molar-refractivity contribution is 5.29. The zero-order chi connectivity index (χ0) is 13.9. The van der Waals surface area contributed by atoms with E-state index in [-0.39, 0.29) is 0 Å². The molecule has 1 aliphatic carbocycles. The Kier molecular flexibility index (Phi) is 3.88. The molecule has 0 unspecified atom stereocenters. The summed E-state index contributed by atoms with van der Waals surface area (Å²) in [6.45, 7) is 4.47. The standard InChI is InChI=1S/C19H23N/c1-14-8-6-7-11-19(14)15(2)20-18-12-17(13-18)16-9-4-3-5-10-16/h3-11,15,17-18,20H,12-13H2,1-2H3/t15-,17?,18?/m1/s1. The molecule has 1 aliphatic rings. The molecule has 2 aromatic carbocycles. The molecule has 1 saturated carbocycles. The third kappa shape index (κ3) is 2.78. The Labute approximate surface area is 122 Å². The molecule has 0 aromatic heterocycles. The average molecular weight is 265 g/mol. The Morgan fingerprint density at radius 2 is 1.60 bits per heavy atom. The minimum Gasteiger partial charge on any atom is -0.307 e. The van der Waals surface area contributed by atoms with Crippen LogP contribution in [-0.2, 0) is 0 Å². The monoisotopic (exact) mass is 265 g/mol. The summed E-state index contributed by atoms with van der Waals surface area (Å²) in [5, 5.41) is 3.77. The second-order valence-electron chi connectivity index (χ2n) is 6.02. The van der Waals surface area contributed by atoms with Gasteiger partial charge in [-0.3, -0.25) is 0 Å². The van der Waals surface area contributed by atoms with Crippen molar-refractivity contribution in [2.75, 3.05) is 0 Å². The number of hydrogen-bond donors (Lipinski definition) is 1. The molecule has 0 heterocycles. The predicted octanol–water partition coefficient (Wildman–Crippen LogP) is 4.59. The number of hydrogen-bond acceptors (Lipinski definition) is 1. The molecule has 1 fully saturated rings. The molecular weight excluding hydrogens is 242 g/mol. The van der Waals surface area contributed by atoms with Crippen molar-refractivity contribution in [2.45, 2.75) is 44.7 Å². The van der Waals surface area contributed by atoms with E-state index >= 15 is 0 Å². The molecule has 0 amide bonds. The first-order valence-electron chi connectivity index (χ1n) is 7.60. The summed E-state index contributed by atoms with van der Waals surface area (Å²) in [7, 11) is 0. The lowest BCUT2D eigenvalue weighted by Gasteiger charge is -2.38. The van der Waals surface area contributed by atoms with Gasteiger partial charge in [0.1, 0.15) is 0 Å². The van der Waals surface area contributed by atoms with Crippen LogP contribution in [0.2, 0.25) is 0 Å². The van der Waals surface area contributed by atoms with Gasteiger partial charge >= 0.3 is 0 Å². The Bertz CT molecular complexity index is 555. The van der Waals surface area contributed by atoms with Gasteiger partial charge in [-0.15, -0.1) is 0 Å².